The van der Waals surface area contributed by atoms with Crippen LogP contribution in [0.5, 0.6) is 0 Å². The third kappa shape index (κ3) is 40.0. The number of rotatable bonds is 58. The molecule has 32 nitrogen and oxygen atoms in total. The first-order chi connectivity index (χ1) is 68.4. The van der Waals surface area contributed by atoms with Crippen LogP contribution in [-0.2, 0) is 130 Å². The average Bonchev–Trinajstić information content (AvgIpc) is 0.830. The highest BCUT2D eigenvalue weighted by atomic mass is 32.2. The van der Waals surface area contributed by atoms with E-state index in [1.807, 2.05) is 142 Å². The minimum atomic E-state index is -1.89. The van der Waals surface area contributed by atoms with E-state index in [1.165, 1.54) is 43.0 Å². The van der Waals surface area contributed by atoms with E-state index >= 15 is 28.8 Å². The number of oxime groups is 1. The molecule has 0 bridgehead atoms. The van der Waals surface area contributed by atoms with Gasteiger partial charge in [0.25, 0.3) is 5.69 Å². The fraction of sp³-hybridized carbons (Fsp3) is 0.394. The van der Waals surface area contributed by atoms with Crippen LogP contribution in [0.15, 0.2) is 254 Å². The number of carbonyl (C=O) groups excluding carboxylic acids is 11. The molecule has 0 spiro atoms. The molecule has 0 aliphatic carbocycles. The van der Waals surface area contributed by atoms with Crippen LogP contribution in [0.25, 0.3) is 0 Å². The number of hydrogen-bond acceptors (Lipinski definition) is 21. The second kappa shape index (κ2) is 59.6. The zero-order chi connectivity index (χ0) is 102. The van der Waals surface area contributed by atoms with Gasteiger partial charge in [0.1, 0.15) is 60.2 Å². The number of nitro benzene ring substituents is 1. The molecule has 11 amide bonds. The summed E-state index contributed by atoms with van der Waals surface area (Å²) in [5.41, 5.74) is 8.11. The fourth-order valence-corrected chi connectivity index (χ4v) is 15.4. The van der Waals surface area contributed by atoms with Crippen molar-refractivity contribution < 1.29 is 86.2 Å². The van der Waals surface area contributed by atoms with Gasteiger partial charge in [-0.1, -0.05) is 269 Å². The number of nitro groups is 1. The molecule has 9 aromatic rings. The van der Waals surface area contributed by atoms with Crippen molar-refractivity contribution in [2.24, 2.45) is 17.0 Å². The molecule has 0 radical (unpaired) electrons. The second-order valence-corrected chi connectivity index (χ2v) is 36.9. The Morgan fingerprint density at radius 2 is 0.859 bits per heavy atom. The number of ether oxygens (including phenoxy) is 5. The number of non-ortho nitro benzene ring substituents is 1. The number of amides is 11. The van der Waals surface area contributed by atoms with Crippen LogP contribution in [0.3, 0.4) is 0 Å². The Kier molecular flexibility index (Phi) is 46.8. The second-order valence-electron chi connectivity index (χ2n) is 35.9. The predicted molar refractivity (Wildman–Crippen MR) is 546 cm³/mol. The summed E-state index contributed by atoms with van der Waals surface area (Å²) in [5.74, 6) is -7.86. The highest BCUT2D eigenvalue weighted by molar-refractivity contribution is 7.98. The highest BCUT2D eigenvalue weighted by Crippen LogP contribution is 2.23. The lowest BCUT2D eigenvalue weighted by molar-refractivity contribution is -0.384. The standard InChI is InChI=1S/C109H135N13O19S/c1-11-74(4)96(106(131)141-121-98(86-52-38-73(3)39-53-86)87-54-56-89(57-55-87)122(134)135)119-102(127)92(64-81-32-22-15-23-33-81)115-101(126)91(66-83-50-46-80(47-51-83)43-41-78-30-20-14-21-31-78)116-103(128)93(68-112-107(132)111-67-88(58-63-142-10)113-108(133)140-109(7,8)9)117-105(130)97(76(6)139-70-85-36-26-17-27-37-85)120-104(129)94(71-138-69-84-34-24-16-25-35-84)118-100(125)90(65-82-48-44-79(45-49-82)42-40-77-28-18-13-19-29-77)114-95(123)72-137-62-61-136-60-59-110-99(124)75(5)12-2/h13-39,44-57,74-76,88,90-94,96-97H,11-12,40-43,58-72H2,1-10H3,(H,110,124)(H,113,133)(H,114,123)(H,115,126)(H,116,128)(H,117,130)(H,118,125)(H,119,127)(H,120,129)(H2,111,112,132)/b121-98-/t74?,75-,76?,88+,90-,91-,92-,93-,94-,96-,97-/m0/s1. The fourth-order valence-electron chi connectivity index (χ4n) is 14.8. The van der Waals surface area contributed by atoms with E-state index in [4.69, 9.17) is 28.5 Å². The minimum Gasteiger partial charge on any atom is -0.444 e. The van der Waals surface area contributed by atoms with Gasteiger partial charge in [-0.2, -0.15) is 11.8 Å². The van der Waals surface area contributed by atoms with Crippen molar-refractivity contribution >= 4 is 88.5 Å². The van der Waals surface area contributed by atoms with Crippen molar-refractivity contribution in [2.75, 3.05) is 64.7 Å². The molecule has 756 valence electrons. The molecule has 33 heteroatoms. The summed E-state index contributed by atoms with van der Waals surface area (Å²) in [4.78, 5) is 180. The van der Waals surface area contributed by atoms with Gasteiger partial charge in [-0.05, 0) is 153 Å². The topological polar surface area (TPSA) is 431 Å². The number of thioether (sulfide) groups is 1. The van der Waals surface area contributed by atoms with Crippen LogP contribution in [-0.4, -0.2) is 201 Å². The summed E-state index contributed by atoms with van der Waals surface area (Å²) < 4.78 is 29.7. The summed E-state index contributed by atoms with van der Waals surface area (Å²) in [5, 5.41) is 47.0. The number of urea groups is 1. The SMILES string of the molecule is CCC(C)[C@H](NC(=O)[C@H](Cc1ccccc1)NC(=O)[C@H](Cc1ccc(CCc2ccccc2)cc1)NC(=O)[C@H](CNC(=O)NC[C@@H](CCSC)NC(=O)OC(C)(C)C)NC(=O)[C@@H](NC(=O)[C@H](COCc1ccccc1)NC(=O)[C@H](Cc1ccc(CCc2ccccc2)cc1)NC(=O)COCCOCCNC(=O)[C@@H](C)CC)C(C)OCc1ccccc1)C(=O)O/N=C(/c1ccc(C)cc1)c1ccc([N+](=O)[O-])cc1. The van der Waals surface area contributed by atoms with Crippen molar-refractivity contribution in [1.82, 2.24) is 58.5 Å². The molecule has 0 aliphatic heterocycles. The van der Waals surface area contributed by atoms with Gasteiger partial charge < -0.3 is 87.0 Å². The molecular formula is C109H135N13O19S. The molecule has 0 saturated heterocycles. The molecular weight excluding hydrogens is 1830 g/mol. The zero-order valence-corrected chi connectivity index (χ0v) is 83.2. The first-order valence-corrected chi connectivity index (χ1v) is 49.5. The van der Waals surface area contributed by atoms with Gasteiger partial charge in [-0.3, -0.25) is 48.5 Å². The van der Waals surface area contributed by atoms with Crippen LogP contribution < -0.4 is 58.5 Å². The highest BCUT2D eigenvalue weighted by Gasteiger charge is 2.39. The van der Waals surface area contributed by atoms with Gasteiger partial charge >= 0.3 is 18.1 Å². The molecule has 0 aliphatic rings. The monoisotopic (exact) mass is 1960 g/mol. The Hall–Kier alpha value is -14.0. The third-order valence-corrected chi connectivity index (χ3v) is 24.2. The number of hydrogen-bond donors (Lipinski definition) is 11. The smallest absolute Gasteiger partial charge is 0.407 e. The van der Waals surface area contributed by atoms with Crippen LogP contribution >= 0.6 is 11.8 Å². The number of benzene rings is 9. The van der Waals surface area contributed by atoms with E-state index in [-0.39, 0.29) is 88.6 Å². The maximum absolute atomic E-state index is 16.1. The van der Waals surface area contributed by atoms with Gasteiger partial charge in [0.15, 0.2) is 0 Å². The van der Waals surface area contributed by atoms with Crippen LogP contribution in [0.2, 0.25) is 0 Å². The van der Waals surface area contributed by atoms with E-state index < -0.39 is 150 Å². The first kappa shape index (κ1) is 112. The van der Waals surface area contributed by atoms with E-state index in [9.17, 15) is 34.1 Å². The summed E-state index contributed by atoms with van der Waals surface area (Å²) >= 11 is 1.50. The van der Waals surface area contributed by atoms with Gasteiger partial charge in [-0.25, -0.2) is 14.4 Å². The Balaban J connectivity index is 1.07. The Morgan fingerprint density at radius 3 is 1.37 bits per heavy atom. The number of aryl methyl sites for hydroxylation is 5. The van der Waals surface area contributed by atoms with Crippen LogP contribution in [0.4, 0.5) is 15.3 Å². The predicted octanol–water partition coefficient (Wildman–Crippen LogP) is 11.9. The van der Waals surface area contributed by atoms with Crippen molar-refractivity contribution in [2.45, 2.75) is 200 Å². The van der Waals surface area contributed by atoms with Crippen molar-refractivity contribution in [3.63, 3.8) is 0 Å². The van der Waals surface area contributed by atoms with Gasteiger partial charge in [0, 0.05) is 68.1 Å². The molecule has 142 heavy (non-hydrogen) atoms. The molecule has 0 saturated carbocycles. The number of alkyl carbamates (subject to hydrolysis) is 1. The van der Waals surface area contributed by atoms with Gasteiger partial charge in [-0.15, -0.1) is 0 Å². The largest absolute Gasteiger partial charge is 0.444 e. The molecule has 0 fully saturated rings. The van der Waals surface area contributed by atoms with Crippen molar-refractivity contribution in [3.8, 4) is 0 Å². The Bertz CT molecular complexity index is 5500. The van der Waals surface area contributed by atoms with E-state index in [0.29, 0.717) is 83.2 Å². The summed E-state index contributed by atoms with van der Waals surface area (Å²) in [7, 11) is 0. The van der Waals surface area contributed by atoms with Crippen molar-refractivity contribution in [1.29, 1.82) is 0 Å². The summed E-state index contributed by atoms with van der Waals surface area (Å²) in [6.07, 6.45) is 3.42. The van der Waals surface area contributed by atoms with Gasteiger partial charge in [0.05, 0.1) is 56.7 Å². The Labute approximate surface area is 835 Å². The zero-order valence-electron chi connectivity index (χ0n) is 82.4. The molecule has 11 N–H and O–H groups in total. The normalized spacial score (nSPS) is 13.7. The lowest BCUT2D eigenvalue weighted by Gasteiger charge is -2.30. The molecule has 11 atom stereocenters. The van der Waals surface area contributed by atoms with Gasteiger partial charge in [0.2, 0.25) is 47.3 Å². The first-order valence-electron chi connectivity index (χ1n) is 48.1. The quantitative estimate of drug-likeness (QED) is 0.00554. The van der Waals surface area contributed by atoms with E-state index in [1.54, 1.807) is 144 Å². The minimum absolute atomic E-state index is 0.0256. The lowest BCUT2D eigenvalue weighted by Crippen LogP contribution is -2.64. The number of carbonyl (C=O) groups is 11. The molecule has 2 unspecified atom stereocenters. The molecule has 0 aromatic heterocycles. The van der Waals surface area contributed by atoms with Crippen molar-refractivity contribution in [3.05, 3.63) is 326 Å². The summed E-state index contributed by atoms with van der Waals surface area (Å²) in [6.45, 7) is 14.1. The van der Waals surface area contributed by atoms with E-state index in [0.717, 1.165) is 34.2 Å². The molecule has 9 rings (SSSR count). The molecule has 9 aromatic carbocycles. The van der Waals surface area contributed by atoms with E-state index in [2.05, 4.69) is 63.6 Å². The number of nitrogens with one attached hydrogen (secondary N) is 11. The lowest BCUT2D eigenvalue weighted by atomic mass is 9.97. The summed E-state index contributed by atoms with van der Waals surface area (Å²) in [6, 6.07) is 61.1. The number of nitrogens with zero attached hydrogens (tertiary/aromatic N) is 2. The third-order valence-electron chi connectivity index (χ3n) is 23.5. The van der Waals surface area contributed by atoms with Crippen LogP contribution in [0.1, 0.15) is 141 Å². The maximum Gasteiger partial charge on any atom is 0.407 e. The maximum atomic E-state index is 16.1. The average molecular weight is 1960 g/mol. The Morgan fingerprint density at radius 1 is 0.430 bits per heavy atom. The molecule has 0 heterocycles. The van der Waals surface area contributed by atoms with Crippen LogP contribution in [0, 0.1) is 28.9 Å².